The van der Waals surface area contributed by atoms with Gasteiger partial charge in [0.1, 0.15) is 0 Å². The molecule has 0 aliphatic rings. The molecule has 2 aromatic heterocycles. The predicted molar refractivity (Wildman–Crippen MR) is 84.9 cm³/mol. The summed E-state index contributed by atoms with van der Waals surface area (Å²) < 4.78 is 6.87. The van der Waals surface area contributed by atoms with Crippen molar-refractivity contribution in [2.75, 3.05) is 13.2 Å². The molecule has 0 fully saturated rings. The molecule has 2 rings (SSSR count). The number of carbonyl (C=O) groups excluding carboxylic acids is 1. The molecule has 1 amide bonds. The van der Waals surface area contributed by atoms with Crippen LogP contribution in [0.1, 0.15) is 27.2 Å². The smallest absolute Gasteiger partial charge is 0.329 e. The molecular formula is C16H22N4O2. The Morgan fingerprint density at radius 1 is 1.45 bits per heavy atom. The summed E-state index contributed by atoms with van der Waals surface area (Å²) >= 11 is 0. The van der Waals surface area contributed by atoms with Gasteiger partial charge in [-0.15, -0.1) is 0 Å². The lowest BCUT2D eigenvalue weighted by Crippen LogP contribution is -2.30. The third kappa shape index (κ3) is 4.07. The van der Waals surface area contributed by atoms with Crippen LogP contribution in [0.3, 0.4) is 0 Å². The summed E-state index contributed by atoms with van der Waals surface area (Å²) in [6, 6.07) is 3.79. The summed E-state index contributed by atoms with van der Waals surface area (Å²) in [5.41, 5.74) is 1.51. The maximum absolute atomic E-state index is 12.3. The molecule has 2 aromatic rings. The van der Waals surface area contributed by atoms with E-state index in [1.54, 1.807) is 18.6 Å². The van der Waals surface area contributed by atoms with Crippen molar-refractivity contribution in [1.29, 1.82) is 0 Å². The lowest BCUT2D eigenvalue weighted by Gasteiger charge is -2.09. The molecule has 0 saturated carbocycles. The fourth-order valence-corrected chi connectivity index (χ4v) is 1.95. The van der Waals surface area contributed by atoms with Crippen LogP contribution in [-0.2, 0) is 0 Å². The number of nitrogens with one attached hydrogen (secondary N) is 1. The maximum Gasteiger partial charge on any atom is 0.329 e. The molecule has 0 atom stereocenters. The molecule has 0 radical (unpaired) electrons. The summed E-state index contributed by atoms with van der Waals surface area (Å²) in [5.74, 6) is 0.542. The van der Waals surface area contributed by atoms with Crippen LogP contribution in [0.4, 0.5) is 4.79 Å². The zero-order chi connectivity index (χ0) is 15.9. The van der Waals surface area contributed by atoms with Gasteiger partial charge < -0.3 is 10.1 Å². The minimum absolute atomic E-state index is 0.230. The van der Waals surface area contributed by atoms with Crippen molar-refractivity contribution in [2.24, 2.45) is 5.92 Å². The van der Waals surface area contributed by atoms with Crippen molar-refractivity contribution in [1.82, 2.24) is 19.9 Å². The second kappa shape index (κ2) is 7.59. The Kier molecular flexibility index (Phi) is 5.52. The van der Waals surface area contributed by atoms with E-state index in [1.165, 1.54) is 4.57 Å². The monoisotopic (exact) mass is 302 g/mol. The van der Waals surface area contributed by atoms with Crippen LogP contribution in [-0.4, -0.2) is 33.7 Å². The van der Waals surface area contributed by atoms with Gasteiger partial charge in [0, 0.05) is 30.7 Å². The molecule has 6 heteroatoms. The van der Waals surface area contributed by atoms with Crippen molar-refractivity contribution in [3.63, 3.8) is 0 Å². The first kappa shape index (κ1) is 16.0. The Morgan fingerprint density at radius 3 is 2.91 bits per heavy atom. The first-order valence-corrected chi connectivity index (χ1v) is 7.52. The number of imidazole rings is 1. The van der Waals surface area contributed by atoms with Gasteiger partial charge in [0.2, 0.25) is 0 Å². The largest absolute Gasteiger partial charge is 0.465 e. The van der Waals surface area contributed by atoms with Gasteiger partial charge in [0.05, 0.1) is 12.3 Å². The van der Waals surface area contributed by atoms with E-state index in [1.807, 2.05) is 19.1 Å². The molecule has 0 aliphatic carbocycles. The fourth-order valence-electron chi connectivity index (χ4n) is 1.95. The van der Waals surface area contributed by atoms with E-state index in [0.29, 0.717) is 30.8 Å². The van der Waals surface area contributed by atoms with Gasteiger partial charge in [0.15, 0.2) is 0 Å². The second-order valence-corrected chi connectivity index (χ2v) is 5.37. The Bertz CT molecular complexity index is 608. The van der Waals surface area contributed by atoms with Gasteiger partial charge in [-0.2, -0.15) is 4.98 Å². The van der Waals surface area contributed by atoms with E-state index in [4.69, 9.17) is 4.74 Å². The van der Waals surface area contributed by atoms with Crippen LogP contribution in [0, 0.1) is 5.92 Å². The quantitative estimate of drug-likeness (QED) is 0.890. The molecule has 1 N–H and O–H groups in total. The van der Waals surface area contributed by atoms with Crippen molar-refractivity contribution in [2.45, 2.75) is 27.2 Å². The minimum Gasteiger partial charge on any atom is -0.465 e. The Hall–Kier alpha value is -2.37. The van der Waals surface area contributed by atoms with Gasteiger partial charge in [-0.3, -0.25) is 4.98 Å². The average Bonchev–Trinajstić information content (AvgIpc) is 2.92. The summed E-state index contributed by atoms with van der Waals surface area (Å²) in [7, 11) is 0. The maximum atomic E-state index is 12.3. The van der Waals surface area contributed by atoms with E-state index in [-0.39, 0.29) is 6.03 Å². The van der Waals surface area contributed by atoms with Gasteiger partial charge in [-0.25, -0.2) is 9.36 Å². The van der Waals surface area contributed by atoms with Gasteiger partial charge >= 0.3 is 12.0 Å². The Labute approximate surface area is 130 Å². The topological polar surface area (TPSA) is 69.0 Å². The number of hydrogen-bond donors (Lipinski definition) is 1. The van der Waals surface area contributed by atoms with Gasteiger partial charge in [-0.05, 0) is 31.4 Å². The van der Waals surface area contributed by atoms with Crippen molar-refractivity contribution >= 4 is 6.03 Å². The van der Waals surface area contributed by atoms with E-state index < -0.39 is 0 Å². The van der Waals surface area contributed by atoms with Crippen LogP contribution in [0.15, 0.2) is 30.7 Å². The number of aromatic nitrogens is 3. The van der Waals surface area contributed by atoms with Crippen LogP contribution in [0.25, 0.3) is 11.3 Å². The molecular weight excluding hydrogens is 280 g/mol. The van der Waals surface area contributed by atoms with E-state index >= 15 is 0 Å². The first-order valence-electron chi connectivity index (χ1n) is 7.52. The highest BCUT2D eigenvalue weighted by molar-refractivity contribution is 5.79. The van der Waals surface area contributed by atoms with Crippen molar-refractivity contribution in [3.05, 3.63) is 30.7 Å². The summed E-state index contributed by atoms with van der Waals surface area (Å²) in [5, 5.41) is 2.88. The number of hydrogen-bond acceptors (Lipinski definition) is 4. The highest BCUT2D eigenvalue weighted by Gasteiger charge is 2.16. The lowest BCUT2D eigenvalue weighted by molar-refractivity contribution is 0.234. The fraction of sp³-hybridized carbons (Fsp3) is 0.438. The third-order valence-electron chi connectivity index (χ3n) is 3.12. The molecule has 0 spiro atoms. The highest BCUT2D eigenvalue weighted by atomic mass is 16.5. The van der Waals surface area contributed by atoms with E-state index in [2.05, 4.69) is 29.1 Å². The summed E-state index contributed by atoms with van der Waals surface area (Å²) in [6.45, 7) is 7.18. The van der Waals surface area contributed by atoms with Crippen LogP contribution in [0.5, 0.6) is 6.01 Å². The standard InChI is InChI=1S/C16H22N4O2/c1-4-22-16-19-14(13-6-5-8-17-10-13)11-20(16)15(21)18-9-7-12(2)3/h5-6,8,10-12H,4,7,9H2,1-3H3,(H,18,21). The SMILES string of the molecule is CCOc1nc(-c2cccnc2)cn1C(=O)NCCC(C)C. The van der Waals surface area contributed by atoms with E-state index in [0.717, 1.165) is 12.0 Å². The Balaban J connectivity index is 2.18. The number of nitrogens with zero attached hydrogens (tertiary/aromatic N) is 3. The molecule has 0 aliphatic heterocycles. The number of carbonyl (C=O) groups is 1. The van der Waals surface area contributed by atoms with Crippen molar-refractivity contribution in [3.8, 4) is 17.3 Å². The van der Waals surface area contributed by atoms with Crippen molar-refractivity contribution < 1.29 is 9.53 Å². The predicted octanol–water partition coefficient (Wildman–Crippen LogP) is 2.95. The number of rotatable bonds is 6. The first-order chi connectivity index (χ1) is 10.6. The summed E-state index contributed by atoms with van der Waals surface area (Å²) in [4.78, 5) is 20.7. The second-order valence-electron chi connectivity index (χ2n) is 5.37. The number of ether oxygens (including phenoxy) is 1. The zero-order valence-electron chi connectivity index (χ0n) is 13.2. The molecule has 0 aromatic carbocycles. The van der Waals surface area contributed by atoms with Gasteiger partial charge in [0.25, 0.3) is 0 Å². The Morgan fingerprint density at radius 2 is 2.27 bits per heavy atom. The summed E-state index contributed by atoms with van der Waals surface area (Å²) in [6.07, 6.45) is 6.01. The average molecular weight is 302 g/mol. The lowest BCUT2D eigenvalue weighted by atomic mass is 10.1. The molecule has 0 unspecified atom stereocenters. The zero-order valence-corrected chi connectivity index (χ0v) is 13.2. The molecule has 118 valence electrons. The minimum atomic E-state index is -0.230. The van der Waals surface area contributed by atoms with E-state index in [9.17, 15) is 4.79 Å². The third-order valence-corrected chi connectivity index (χ3v) is 3.12. The van der Waals surface area contributed by atoms with Crippen LogP contribution >= 0.6 is 0 Å². The molecule has 2 heterocycles. The van der Waals surface area contributed by atoms with Crippen LogP contribution in [0.2, 0.25) is 0 Å². The molecule has 22 heavy (non-hydrogen) atoms. The van der Waals surface area contributed by atoms with Crippen LogP contribution < -0.4 is 10.1 Å². The molecule has 0 bridgehead atoms. The highest BCUT2D eigenvalue weighted by Crippen LogP contribution is 2.21. The van der Waals surface area contributed by atoms with Gasteiger partial charge in [-0.1, -0.05) is 13.8 Å². The number of amides is 1. The molecule has 6 nitrogen and oxygen atoms in total. The number of pyridine rings is 1. The molecule has 0 saturated heterocycles. The normalized spacial score (nSPS) is 10.7.